The number of nitrogen functional groups attached to an aromatic ring is 1. The number of hydrogen-bond acceptors (Lipinski definition) is 5. The quantitative estimate of drug-likeness (QED) is 0.499. The van der Waals surface area contributed by atoms with E-state index in [-0.39, 0.29) is 12.4 Å². The minimum absolute atomic E-state index is 0.227. The summed E-state index contributed by atoms with van der Waals surface area (Å²) in [5, 5.41) is 8.71. The van der Waals surface area contributed by atoms with E-state index in [1.807, 2.05) is 30.3 Å². The van der Waals surface area contributed by atoms with Gasteiger partial charge in [-0.2, -0.15) is 0 Å². The van der Waals surface area contributed by atoms with Crippen LogP contribution in [0.1, 0.15) is 36.7 Å². The van der Waals surface area contributed by atoms with Crippen LogP contribution in [0, 0.1) is 5.82 Å². The number of hydrogen-bond donors (Lipinski definition) is 1. The molecule has 136 valence electrons. The number of thioether (sulfide) groups is 1. The highest BCUT2D eigenvalue weighted by atomic mass is 32.2. The predicted molar refractivity (Wildman–Crippen MR) is 101 cm³/mol. The summed E-state index contributed by atoms with van der Waals surface area (Å²) in [7, 11) is 0. The van der Waals surface area contributed by atoms with Crippen molar-refractivity contribution in [1.82, 2.24) is 14.9 Å². The molecular formula is C19H21FN4OS. The third-order valence-electron chi connectivity index (χ3n) is 3.91. The largest absolute Gasteiger partial charge is 0.486 e. The van der Waals surface area contributed by atoms with Crippen LogP contribution in [0.15, 0.2) is 53.7 Å². The Morgan fingerprint density at radius 2 is 1.92 bits per heavy atom. The van der Waals surface area contributed by atoms with Gasteiger partial charge in [0.25, 0.3) is 0 Å². The molecule has 2 N–H and O–H groups in total. The Morgan fingerprint density at radius 1 is 1.15 bits per heavy atom. The van der Waals surface area contributed by atoms with Crippen LogP contribution in [-0.2, 0) is 12.4 Å². The first kappa shape index (κ1) is 18.3. The van der Waals surface area contributed by atoms with Crippen LogP contribution in [0.4, 0.5) is 4.39 Å². The van der Waals surface area contributed by atoms with Crippen molar-refractivity contribution in [3.05, 3.63) is 71.3 Å². The fourth-order valence-electron chi connectivity index (χ4n) is 2.38. The van der Waals surface area contributed by atoms with E-state index in [4.69, 9.17) is 10.6 Å². The van der Waals surface area contributed by atoms with E-state index in [1.165, 1.54) is 34.1 Å². The summed E-state index contributed by atoms with van der Waals surface area (Å²) >= 11 is 1.40. The maximum absolute atomic E-state index is 13.2. The van der Waals surface area contributed by atoms with Crippen molar-refractivity contribution in [3.8, 4) is 5.75 Å². The third-order valence-corrected chi connectivity index (χ3v) is 4.92. The first-order chi connectivity index (χ1) is 12.5. The Balaban J connectivity index is 1.58. The smallest absolute Gasteiger partial charge is 0.210 e. The molecule has 0 aliphatic rings. The highest BCUT2D eigenvalue weighted by molar-refractivity contribution is 7.98. The highest BCUT2D eigenvalue weighted by Gasteiger charge is 2.11. The van der Waals surface area contributed by atoms with Gasteiger partial charge in [0.05, 0.1) is 0 Å². The number of aromatic nitrogens is 3. The summed E-state index contributed by atoms with van der Waals surface area (Å²) in [5.74, 6) is 8.11. The van der Waals surface area contributed by atoms with Gasteiger partial charge < -0.3 is 10.6 Å². The maximum Gasteiger partial charge on any atom is 0.210 e. The number of rotatable bonds is 7. The second kappa shape index (κ2) is 8.23. The second-order valence-corrected chi connectivity index (χ2v) is 7.14. The lowest BCUT2D eigenvalue weighted by atomic mass is 10.0. The van der Waals surface area contributed by atoms with Crippen LogP contribution < -0.4 is 10.6 Å². The molecule has 26 heavy (non-hydrogen) atoms. The van der Waals surface area contributed by atoms with Gasteiger partial charge in [0, 0.05) is 5.75 Å². The molecule has 3 rings (SSSR count). The van der Waals surface area contributed by atoms with E-state index in [0.717, 1.165) is 11.3 Å². The van der Waals surface area contributed by atoms with Crippen LogP contribution in [-0.4, -0.2) is 14.9 Å². The molecule has 0 aliphatic carbocycles. The van der Waals surface area contributed by atoms with Crippen LogP contribution >= 0.6 is 11.8 Å². The van der Waals surface area contributed by atoms with Crippen molar-refractivity contribution in [2.45, 2.75) is 37.3 Å². The summed E-state index contributed by atoms with van der Waals surface area (Å²) in [6.07, 6.45) is 0. The number of halogens is 1. The summed E-state index contributed by atoms with van der Waals surface area (Å²) < 4.78 is 20.4. The average molecular weight is 372 g/mol. The summed E-state index contributed by atoms with van der Waals surface area (Å²) in [6.45, 7) is 4.52. The molecule has 0 saturated heterocycles. The topological polar surface area (TPSA) is 66.0 Å². The number of benzene rings is 2. The van der Waals surface area contributed by atoms with E-state index in [2.05, 4.69) is 24.0 Å². The zero-order valence-corrected chi connectivity index (χ0v) is 15.5. The monoisotopic (exact) mass is 372 g/mol. The van der Waals surface area contributed by atoms with Crippen molar-refractivity contribution in [1.29, 1.82) is 0 Å². The van der Waals surface area contributed by atoms with Gasteiger partial charge in [-0.1, -0.05) is 49.9 Å². The molecule has 0 unspecified atom stereocenters. The first-order valence-electron chi connectivity index (χ1n) is 8.32. The maximum atomic E-state index is 13.2. The van der Waals surface area contributed by atoms with Crippen LogP contribution in [0.2, 0.25) is 0 Å². The fourth-order valence-corrected chi connectivity index (χ4v) is 3.19. The number of ether oxygens (including phenoxy) is 1. The first-order valence-corrected chi connectivity index (χ1v) is 9.31. The molecule has 0 amide bonds. The van der Waals surface area contributed by atoms with Crippen molar-refractivity contribution in [2.75, 3.05) is 5.84 Å². The van der Waals surface area contributed by atoms with Gasteiger partial charge in [0.1, 0.15) is 18.2 Å². The van der Waals surface area contributed by atoms with E-state index in [0.29, 0.717) is 22.7 Å². The SMILES string of the molecule is CC(C)c1ccc(OCc2nnc(SCc3cccc(F)c3)n2N)cc1. The molecule has 0 aliphatic heterocycles. The van der Waals surface area contributed by atoms with Crippen LogP contribution in [0.25, 0.3) is 0 Å². The lowest BCUT2D eigenvalue weighted by Crippen LogP contribution is -2.15. The Bertz CT molecular complexity index is 864. The van der Waals surface area contributed by atoms with Gasteiger partial charge in [-0.15, -0.1) is 10.2 Å². The molecule has 7 heteroatoms. The van der Waals surface area contributed by atoms with Gasteiger partial charge in [-0.3, -0.25) is 0 Å². The van der Waals surface area contributed by atoms with Gasteiger partial charge in [0.2, 0.25) is 5.16 Å². The molecule has 5 nitrogen and oxygen atoms in total. The molecule has 0 spiro atoms. The number of nitrogens with zero attached hydrogens (tertiary/aromatic N) is 3. The van der Waals surface area contributed by atoms with Crippen LogP contribution in [0.3, 0.4) is 0 Å². The lowest BCUT2D eigenvalue weighted by molar-refractivity contribution is 0.291. The zero-order chi connectivity index (χ0) is 18.5. The molecule has 2 aromatic carbocycles. The average Bonchev–Trinajstić information content (AvgIpc) is 2.98. The number of nitrogens with two attached hydrogens (primary N) is 1. The Morgan fingerprint density at radius 3 is 2.62 bits per heavy atom. The van der Waals surface area contributed by atoms with Gasteiger partial charge in [0.15, 0.2) is 5.82 Å². The van der Waals surface area contributed by atoms with Gasteiger partial charge in [-0.25, -0.2) is 9.07 Å². The summed E-state index contributed by atoms with van der Waals surface area (Å²) in [5.41, 5.74) is 2.12. The molecule has 1 heterocycles. The zero-order valence-electron chi connectivity index (χ0n) is 14.7. The molecular weight excluding hydrogens is 351 g/mol. The predicted octanol–water partition coefficient (Wildman–Crippen LogP) is 4.13. The Kier molecular flexibility index (Phi) is 5.78. The summed E-state index contributed by atoms with van der Waals surface area (Å²) in [6, 6.07) is 14.4. The molecule has 1 aromatic heterocycles. The molecule has 0 radical (unpaired) electrons. The van der Waals surface area contributed by atoms with Crippen molar-refractivity contribution in [2.24, 2.45) is 0 Å². The van der Waals surface area contributed by atoms with Crippen molar-refractivity contribution < 1.29 is 9.13 Å². The van der Waals surface area contributed by atoms with Crippen molar-refractivity contribution in [3.63, 3.8) is 0 Å². The molecule has 0 fully saturated rings. The Labute approximate surface area is 156 Å². The molecule has 0 atom stereocenters. The molecule has 3 aromatic rings. The van der Waals surface area contributed by atoms with E-state index < -0.39 is 0 Å². The van der Waals surface area contributed by atoms with Gasteiger partial charge >= 0.3 is 0 Å². The third kappa shape index (κ3) is 4.54. The normalized spacial score (nSPS) is 11.1. The molecule has 0 saturated carbocycles. The Hall–Kier alpha value is -2.54. The van der Waals surface area contributed by atoms with Crippen LogP contribution in [0.5, 0.6) is 5.75 Å². The van der Waals surface area contributed by atoms with E-state index in [9.17, 15) is 4.39 Å². The fraction of sp³-hybridized carbons (Fsp3) is 0.263. The minimum Gasteiger partial charge on any atom is -0.486 e. The lowest BCUT2D eigenvalue weighted by Gasteiger charge is -2.09. The van der Waals surface area contributed by atoms with E-state index >= 15 is 0 Å². The minimum atomic E-state index is -0.255. The second-order valence-electron chi connectivity index (χ2n) is 6.20. The van der Waals surface area contributed by atoms with Crippen molar-refractivity contribution >= 4 is 11.8 Å². The van der Waals surface area contributed by atoms with E-state index in [1.54, 1.807) is 6.07 Å². The summed E-state index contributed by atoms with van der Waals surface area (Å²) in [4.78, 5) is 0. The molecule has 0 bridgehead atoms. The highest BCUT2D eigenvalue weighted by Crippen LogP contribution is 2.22. The standard InChI is InChI=1S/C19H21FN4OS/c1-13(2)15-6-8-17(9-7-15)25-11-18-22-23-19(24(18)21)26-12-14-4-3-5-16(20)10-14/h3-10,13H,11-12,21H2,1-2H3. The van der Waals surface area contributed by atoms with Gasteiger partial charge in [-0.05, 0) is 41.3 Å².